The Morgan fingerprint density at radius 1 is 0.706 bits per heavy atom. The fourth-order valence-electron chi connectivity index (χ4n) is 9.46. The van der Waals surface area contributed by atoms with Crippen LogP contribution < -0.4 is 11.1 Å². The van der Waals surface area contributed by atoms with E-state index in [1.807, 2.05) is 18.2 Å². The molecule has 2 unspecified atom stereocenters. The van der Waals surface area contributed by atoms with Crippen LogP contribution in [0.1, 0.15) is 64.4 Å². The first-order chi connectivity index (χ1) is 25.1. The fourth-order valence-corrected chi connectivity index (χ4v) is 9.46. The Hall–Kier alpha value is -5.96. The summed E-state index contributed by atoms with van der Waals surface area (Å²) in [6.07, 6.45) is 9.87. The number of fused-ring (bicyclic) bond motifs is 11. The van der Waals surface area contributed by atoms with Crippen molar-refractivity contribution in [3.8, 4) is 11.1 Å². The Morgan fingerprint density at radius 2 is 1.37 bits per heavy atom. The van der Waals surface area contributed by atoms with Crippen LogP contribution in [0.3, 0.4) is 0 Å². The van der Waals surface area contributed by atoms with E-state index in [2.05, 4.69) is 151 Å². The molecule has 51 heavy (non-hydrogen) atoms. The summed E-state index contributed by atoms with van der Waals surface area (Å²) < 4.78 is 0. The zero-order valence-corrected chi connectivity index (χ0v) is 28.5. The molecule has 0 aliphatic heterocycles. The molecule has 0 heterocycles. The van der Waals surface area contributed by atoms with Gasteiger partial charge in [-0.2, -0.15) is 0 Å². The second-order valence-corrected chi connectivity index (χ2v) is 14.2. The molecular formula is C49H38N2. The molecule has 0 aromatic heterocycles. The maximum atomic E-state index is 7.00. The molecule has 2 nitrogen and oxygen atoms in total. The molecule has 0 fully saturated rings. The summed E-state index contributed by atoms with van der Waals surface area (Å²) in [6.45, 7) is 4.67. The van der Waals surface area contributed by atoms with Gasteiger partial charge in [-0.3, -0.25) is 0 Å². The number of hydrogen-bond donors (Lipinski definition) is 2. The van der Waals surface area contributed by atoms with E-state index in [0.29, 0.717) is 0 Å². The van der Waals surface area contributed by atoms with Crippen molar-refractivity contribution in [1.29, 1.82) is 0 Å². The van der Waals surface area contributed by atoms with Gasteiger partial charge in [-0.15, -0.1) is 0 Å². The first kappa shape index (κ1) is 29.9. The number of nitrogens with two attached hydrogens (primary N) is 1. The second-order valence-electron chi connectivity index (χ2n) is 14.2. The third kappa shape index (κ3) is 4.33. The van der Waals surface area contributed by atoms with Crippen LogP contribution in [-0.4, -0.2) is 0 Å². The highest BCUT2D eigenvalue weighted by molar-refractivity contribution is 6.03. The predicted octanol–water partition coefficient (Wildman–Crippen LogP) is 11.3. The summed E-state index contributed by atoms with van der Waals surface area (Å²) in [6, 6.07) is 50.4. The average molecular weight is 655 g/mol. The summed E-state index contributed by atoms with van der Waals surface area (Å²) in [7, 11) is 0. The molecule has 10 rings (SSSR count). The van der Waals surface area contributed by atoms with E-state index < -0.39 is 11.6 Å². The van der Waals surface area contributed by atoms with Gasteiger partial charge in [-0.1, -0.05) is 164 Å². The van der Waals surface area contributed by atoms with Crippen LogP contribution in [0.4, 0.5) is 0 Å². The molecule has 0 radical (unpaired) electrons. The molecular weight excluding hydrogens is 617 g/mol. The van der Waals surface area contributed by atoms with Crippen LogP contribution in [0.5, 0.6) is 0 Å². The van der Waals surface area contributed by atoms with Crippen molar-refractivity contribution >= 4 is 27.6 Å². The van der Waals surface area contributed by atoms with Gasteiger partial charge in [0.25, 0.3) is 0 Å². The number of rotatable bonds is 6. The van der Waals surface area contributed by atoms with Crippen molar-refractivity contribution in [2.75, 3.05) is 0 Å². The molecule has 0 bridgehead atoms. The third-order valence-electron chi connectivity index (χ3n) is 11.6. The van der Waals surface area contributed by atoms with Crippen LogP contribution >= 0.6 is 0 Å². The van der Waals surface area contributed by atoms with Crippen molar-refractivity contribution in [3.63, 3.8) is 0 Å². The van der Waals surface area contributed by atoms with Crippen molar-refractivity contribution in [3.05, 3.63) is 220 Å². The van der Waals surface area contributed by atoms with Crippen molar-refractivity contribution < 1.29 is 0 Å². The highest BCUT2D eigenvalue weighted by Crippen LogP contribution is 2.67. The van der Waals surface area contributed by atoms with Gasteiger partial charge in [0.1, 0.15) is 6.17 Å². The molecule has 2 heteroatoms. The average Bonchev–Trinajstić information content (AvgIpc) is 3.81. The number of allylic oxidation sites excluding steroid dienone is 8. The molecule has 0 saturated heterocycles. The maximum absolute atomic E-state index is 7.00. The van der Waals surface area contributed by atoms with Gasteiger partial charge in [-0.05, 0) is 103 Å². The maximum Gasteiger partial charge on any atom is 0.101 e. The molecule has 4 aliphatic rings. The summed E-state index contributed by atoms with van der Waals surface area (Å²) in [5, 5.41) is 6.17. The van der Waals surface area contributed by atoms with E-state index in [-0.39, 0.29) is 0 Å². The Morgan fingerprint density at radius 3 is 2.24 bits per heavy atom. The van der Waals surface area contributed by atoms with Gasteiger partial charge in [0.15, 0.2) is 0 Å². The molecule has 2 atom stereocenters. The molecule has 6 aromatic carbocycles. The Bertz CT molecular complexity index is 2560. The van der Waals surface area contributed by atoms with E-state index in [4.69, 9.17) is 5.73 Å². The van der Waals surface area contributed by atoms with Crippen LogP contribution in [0.25, 0.3) is 38.7 Å². The van der Waals surface area contributed by atoms with Gasteiger partial charge in [0.2, 0.25) is 0 Å². The van der Waals surface area contributed by atoms with Crippen LogP contribution in [-0.2, 0) is 5.41 Å². The second kappa shape index (κ2) is 11.6. The number of hydrogen-bond acceptors (Lipinski definition) is 2. The fraction of sp³-hybridized carbons (Fsp3) is 0.102. The third-order valence-corrected chi connectivity index (χ3v) is 11.6. The predicted molar refractivity (Wildman–Crippen MR) is 213 cm³/mol. The molecule has 4 aliphatic carbocycles. The molecule has 0 amide bonds. The first-order valence-corrected chi connectivity index (χ1v) is 18.1. The van der Waals surface area contributed by atoms with Gasteiger partial charge in [-0.25, -0.2) is 0 Å². The molecule has 0 saturated carbocycles. The lowest BCUT2D eigenvalue weighted by atomic mass is 9.67. The minimum Gasteiger partial charge on any atom is -0.366 e. The van der Waals surface area contributed by atoms with Crippen LogP contribution in [0.2, 0.25) is 0 Å². The lowest BCUT2D eigenvalue weighted by molar-refractivity contribution is 0.667. The summed E-state index contributed by atoms with van der Waals surface area (Å²) >= 11 is 0. The van der Waals surface area contributed by atoms with Crippen molar-refractivity contribution in [2.45, 2.75) is 30.8 Å². The Balaban J connectivity index is 1.22. The van der Waals surface area contributed by atoms with Gasteiger partial charge < -0.3 is 11.1 Å². The first-order valence-electron chi connectivity index (χ1n) is 18.1. The highest BCUT2D eigenvalue weighted by atomic mass is 15.0. The quantitative estimate of drug-likeness (QED) is 0.139. The minimum absolute atomic E-state index is 0.397. The Labute approximate surface area is 299 Å². The monoisotopic (exact) mass is 654 g/mol. The zero-order valence-electron chi connectivity index (χ0n) is 28.5. The zero-order chi connectivity index (χ0) is 34.1. The summed E-state index contributed by atoms with van der Waals surface area (Å²) in [5.41, 5.74) is 25.8. The summed E-state index contributed by atoms with van der Waals surface area (Å²) in [4.78, 5) is 0. The SMILES string of the molecule is C=C(/C=C(\NC(N)c1ccccc1)c1cccc2c1-c1ccccc1C21C2=C(CC3=C2C=CCC3)c2ccccc21)c1cccc2ccccc12. The Kier molecular flexibility index (Phi) is 6.78. The largest absolute Gasteiger partial charge is 0.366 e. The summed E-state index contributed by atoms with van der Waals surface area (Å²) in [5.74, 6) is 0. The van der Waals surface area contributed by atoms with E-state index in [9.17, 15) is 0 Å². The molecule has 1 spiro atoms. The van der Waals surface area contributed by atoms with E-state index in [0.717, 1.165) is 47.2 Å². The van der Waals surface area contributed by atoms with Gasteiger partial charge in [0, 0.05) is 11.3 Å². The van der Waals surface area contributed by atoms with E-state index in [1.165, 1.54) is 60.9 Å². The van der Waals surface area contributed by atoms with Gasteiger partial charge >= 0.3 is 0 Å². The highest BCUT2D eigenvalue weighted by Gasteiger charge is 2.55. The van der Waals surface area contributed by atoms with Crippen LogP contribution in [0, 0.1) is 0 Å². The normalized spacial score (nSPS) is 18.8. The number of benzene rings is 6. The topological polar surface area (TPSA) is 38.0 Å². The lowest BCUT2D eigenvalue weighted by Crippen LogP contribution is -2.29. The lowest BCUT2D eigenvalue weighted by Gasteiger charge is -2.34. The van der Waals surface area contributed by atoms with Crippen LogP contribution in [0.15, 0.2) is 181 Å². The standard InChI is InChI=1S/C49H38N2/c1-31(35-24-13-19-32-15-5-7-20-36(32)35)29-45(51-48(50)33-16-3-2-4-17-33)40-25-14-28-44-46(40)39-23-10-12-27-43(39)49(44)42-26-11-9-22-38(42)41-30-34-18-6-8-21-37(34)47(41)49/h2-5,7-17,19-29,48,51H,1,6,18,30,50H2/b45-29-. The molecule has 244 valence electrons. The number of nitrogens with one attached hydrogen (secondary N) is 1. The minimum atomic E-state index is -0.421. The van der Waals surface area contributed by atoms with Crippen molar-refractivity contribution in [1.82, 2.24) is 5.32 Å². The van der Waals surface area contributed by atoms with Crippen molar-refractivity contribution in [2.24, 2.45) is 5.73 Å². The molecule has 3 N–H and O–H groups in total. The van der Waals surface area contributed by atoms with E-state index >= 15 is 0 Å². The molecule has 6 aromatic rings. The van der Waals surface area contributed by atoms with E-state index in [1.54, 1.807) is 5.57 Å². The van der Waals surface area contributed by atoms with Gasteiger partial charge in [0.05, 0.1) is 5.41 Å². The smallest absolute Gasteiger partial charge is 0.101 e.